The summed E-state index contributed by atoms with van der Waals surface area (Å²) in [5.74, 6) is 0.690. The topological polar surface area (TPSA) is 49.8 Å². The van der Waals surface area contributed by atoms with Gasteiger partial charge in [-0.25, -0.2) is 0 Å². The number of methoxy groups -OCH3 is 1. The van der Waals surface area contributed by atoms with Crippen molar-refractivity contribution in [2.24, 2.45) is 0 Å². The van der Waals surface area contributed by atoms with Gasteiger partial charge in [0.05, 0.1) is 7.11 Å². The number of hydrogen-bond acceptors (Lipinski definition) is 3. The van der Waals surface area contributed by atoms with Gasteiger partial charge >= 0.3 is 0 Å². The predicted molar refractivity (Wildman–Crippen MR) is 72.0 cm³/mol. The molecule has 4 nitrogen and oxygen atoms in total. The maximum Gasteiger partial charge on any atom is 0.256 e. The second kappa shape index (κ2) is 4.70. The van der Waals surface area contributed by atoms with Gasteiger partial charge in [-0.3, -0.25) is 9.69 Å². The first-order valence-electron chi connectivity index (χ1n) is 6.60. The highest BCUT2D eigenvalue weighted by Gasteiger charge is 2.39. The largest absolute Gasteiger partial charge is 0.497 e. The summed E-state index contributed by atoms with van der Waals surface area (Å²) in [4.78, 5) is 13.9. The van der Waals surface area contributed by atoms with E-state index < -0.39 is 6.23 Å². The van der Waals surface area contributed by atoms with Crippen molar-refractivity contribution in [3.05, 3.63) is 35.4 Å². The van der Waals surface area contributed by atoms with Crippen molar-refractivity contribution in [3.8, 4) is 5.75 Å². The number of carbonyl (C=O) groups excluding carboxylic acids is 1. The Bertz CT molecular complexity index is 533. The second-order valence-electron chi connectivity index (χ2n) is 4.96. The number of nitrogens with zero attached hydrogens (tertiary/aromatic N) is 1. The molecule has 1 heterocycles. The molecule has 0 aromatic heterocycles. The van der Waals surface area contributed by atoms with Gasteiger partial charge in [0.15, 0.2) is 6.23 Å². The molecule has 0 bridgehead atoms. The Morgan fingerprint density at radius 1 is 1.21 bits per heavy atom. The Balaban J connectivity index is 1.92. The molecule has 0 fully saturated rings. The number of benzene rings is 1. The van der Waals surface area contributed by atoms with Crippen LogP contribution in [0.3, 0.4) is 0 Å². The lowest BCUT2D eigenvalue weighted by atomic mass is 9.93. The van der Waals surface area contributed by atoms with Gasteiger partial charge in [0.2, 0.25) is 0 Å². The standard InChI is InChI=1S/C15H17NO3/c1-19-11-8-6-10(7-9-11)16-14(17)12-4-2-3-5-13(12)15(16)18/h6-9,14,17H,2-5H2,1H3. The summed E-state index contributed by atoms with van der Waals surface area (Å²) in [5, 5.41) is 10.4. The summed E-state index contributed by atoms with van der Waals surface area (Å²) in [6.07, 6.45) is 2.91. The molecule has 3 rings (SSSR count). The first-order valence-corrected chi connectivity index (χ1v) is 6.60. The quantitative estimate of drug-likeness (QED) is 0.886. The Morgan fingerprint density at radius 3 is 2.53 bits per heavy atom. The number of carbonyl (C=O) groups is 1. The Labute approximate surface area is 112 Å². The molecule has 100 valence electrons. The van der Waals surface area contributed by atoms with Crippen LogP contribution in [0.5, 0.6) is 5.75 Å². The number of aliphatic hydroxyl groups excluding tert-OH is 1. The minimum absolute atomic E-state index is 0.0487. The molecule has 0 saturated carbocycles. The average molecular weight is 259 g/mol. The van der Waals surface area contributed by atoms with Gasteiger partial charge in [0.1, 0.15) is 5.75 Å². The molecular formula is C15H17NO3. The lowest BCUT2D eigenvalue weighted by molar-refractivity contribution is -0.115. The predicted octanol–water partition coefficient (Wildman–Crippen LogP) is 2.23. The maximum atomic E-state index is 12.4. The van der Waals surface area contributed by atoms with Gasteiger partial charge in [-0.05, 0) is 55.5 Å². The SMILES string of the molecule is COc1ccc(N2C(=O)C3=C(CCCC3)C2O)cc1. The molecule has 19 heavy (non-hydrogen) atoms. The van der Waals surface area contributed by atoms with Gasteiger partial charge in [0.25, 0.3) is 5.91 Å². The first kappa shape index (κ1) is 12.2. The Kier molecular flexibility index (Phi) is 3.03. The molecule has 1 unspecified atom stereocenters. The van der Waals surface area contributed by atoms with Crippen LogP contribution in [-0.4, -0.2) is 24.4 Å². The lowest BCUT2D eigenvalue weighted by Crippen LogP contribution is -2.35. The Morgan fingerprint density at radius 2 is 1.89 bits per heavy atom. The summed E-state index contributed by atoms with van der Waals surface area (Å²) < 4.78 is 5.10. The third-order valence-electron chi connectivity index (χ3n) is 3.89. The van der Waals surface area contributed by atoms with Gasteiger partial charge in [-0.15, -0.1) is 0 Å². The summed E-state index contributed by atoms with van der Waals surface area (Å²) in [6, 6.07) is 7.20. The number of amides is 1. The third-order valence-corrected chi connectivity index (χ3v) is 3.89. The van der Waals surface area contributed by atoms with Crippen LogP contribution in [-0.2, 0) is 4.79 Å². The van der Waals surface area contributed by atoms with E-state index >= 15 is 0 Å². The highest BCUT2D eigenvalue weighted by molar-refractivity contribution is 6.09. The number of ether oxygens (including phenoxy) is 1. The van der Waals surface area contributed by atoms with Crippen molar-refractivity contribution in [2.75, 3.05) is 12.0 Å². The number of aliphatic hydroxyl groups is 1. The van der Waals surface area contributed by atoms with Gasteiger partial charge in [0, 0.05) is 11.3 Å². The van der Waals surface area contributed by atoms with E-state index in [9.17, 15) is 9.90 Å². The molecule has 1 atom stereocenters. The van der Waals surface area contributed by atoms with Crippen molar-refractivity contribution in [3.63, 3.8) is 0 Å². The van der Waals surface area contributed by atoms with Gasteiger partial charge in [-0.1, -0.05) is 0 Å². The number of hydrogen-bond donors (Lipinski definition) is 1. The van der Waals surface area contributed by atoms with E-state index in [0.717, 1.165) is 42.6 Å². The molecule has 1 aromatic carbocycles. The number of rotatable bonds is 2. The molecule has 0 spiro atoms. The fraction of sp³-hybridized carbons (Fsp3) is 0.400. The highest BCUT2D eigenvalue weighted by Crippen LogP contribution is 2.38. The summed E-state index contributed by atoms with van der Waals surface area (Å²) >= 11 is 0. The fourth-order valence-electron chi connectivity index (χ4n) is 2.87. The third kappa shape index (κ3) is 1.92. The van der Waals surface area contributed by atoms with E-state index in [0.29, 0.717) is 5.69 Å². The Hall–Kier alpha value is -1.81. The monoisotopic (exact) mass is 259 g/mol. The summed E-state index contributed by atoms with van der Waals surface area (Å²) in [6.45, 7) is 0. The van der Waals surface area contributed by atoms with Crippen molar-refractivity contribution in [2.45, 2.75) is 31.9 Å². The number of anilines is 1. The van der Waals surface area contributed by atoms with Gasteiger partial charge < -0.3 is 9.84 Å². The molecule has 1 aromatic rings. The second-order valence-corrected chi connectivity index (χ2v) is 4.96. The van der Waals surface area contributed by atoms with Crippen molar-refractivity contribution >= 4 is 11.6 Å². The molecule has 0 radical (unpaired) electrons. The molecule has 1 N–H and O–H groups in total. The maximum absolute atomic E-state index is 12.4. The van der Waals surface area contributed by atoms with Crippen molar-refractivity contribution < 1.29 is 14.6 Å². The van der Waals surface area contributed by atoms with Crippen LogP contribution in [0.2, 0.25) is 0 Å². The highest BCUT2D eigenvalue weighted by atomic mass is 16.5. The molecule has 1 aliphatic carbocycles. The molecule has 2 aliphatic rings. The van der Waals surface area contributed by atoms with Crippen molar-refractivity contribution in [1.29, 1.82) is 0 Å². The van der Waals surface area contributed by atoms with Crippen LogP contribution in [0.4, 0.5) is 5.69 Å². The first-order chi connectivity index (χ1) is 9.22. The summed E-state index contributed by atoms with van der Waals surface area (Å²) in [7, 11) is 1.60. The molecular weight excluding hydrogens is 242 g/mol. The zero-order valence-electron chi connectivity index (χ0n) is 10.9. The smallest absolute Gasteiger partial charge is 0.256 e. The molecule has 1 amide bonds. The van der Waals surface area contributed by atoms with Crippen LogP contribution >= 0.6 is 0 Å². The van der Waals surface area contributed by atoms with E-state index in [-0.39, 0.29) is 5.91 Å². The van der Waals surface area contributed by atoms with E-state index in [1.54, 1.807) is 31.4 Å². The summed E-state index contributed by atoms with van der Waals surface area (Å²) in [5.41, 5.74) is 2.44. The molecule has 4 heteroatoms. The van der Waals surface area contributed by atoms with E-state index in [4.69, 9.17) is 4.74 Å². The lowest BCUT2D eigenvalue weighted by Gasteiger charge is -2.22. The molecule has 0 saturated heterocycles. The normalized spacial score (nSPS) is 22.7. The fourth-order valence-corrected chi connectivity index (χ4v) is 2.87. The average Bonchev–Trinajstić information content (AvgIpc) is 2.72. The van der Waals surface area contributed by atoms with E-state index in [1.165, 1.54) is 4.90 Å². The minimum Gasteiger partial charge on any atom is -0.497 e. The van der Waals surface area contributed by atoms with E-state index in [1.807, 2.05) is 0 Å². The zero-order valence-corrected chi connectivity index (χ0v) is 10.9. The van der Waals surface area contributed by atoms with Crippen LogP contribution in [0.15, 0.2) is 35.4 Å². The minimum atomic E-state index is -0.795. The van der Waals surface area contributed by atoms with Crippen LogP contribution < -0.4 is 9.64 Å². The van der Waals surface area contributed by atoms with Crippen LogP contribution in [0, 0.1) is 0 Å². The van der Waals surface area contributed by atoms with Crippen LogP contribution in [0.1, 0.15) is 25.7 Å². The molecule has 1 aliphatic heterocycles. The van der Waals surface area contributed by atoms with Crippen LogP contribution in [0.25, 0.3) is 0 Å². The van der Waals surface area contributed by atoms with Crippen molar-refractivity contribution in [1.82, 2.24) is 0 Å². The zero-order chi connectivity index (χ0) is 13.4. The van der Waals surface area contributed by atoms with E-state index in [2.05, 4.69) is 0 Å². The van der Waals surface area contributed by atoms with Gasteiger partial charge in [-0.2, -0.15) is 0 Å².